The van der Waals surface area contributed by atoms with E-state index < -0.39 is 0 Å². The summed E-state index contributed by atoms with van der Waals surface area (Å²) in [5.41, 5.74) is 0.382. The first-order chi connectivity index (χ1) is 12.1. The number of pyridine rings is 1. The van der Waals surface area contributed by atoms with Crippen molar-refractivity contribution >= 4 is 23.3 Å². The molecular formula is C17H17N5O2S. The van der Waals surface area contributed by atoms with Crippen LogP contribution in [0, 0.1) is 0 Å². The third-order valence-corrected chi connectivity index (χ3v) is 4.34. The second-order valence-corrected chi connectivity index (χ2v) is 6.22. The molecule has 3 aromatic heterocycles. The minimum absolute atomic E-state index is 0.206. The number of thiophene rings is 1. The minimum Gasteiger partial charge on any atom is -0.351 e. The Kier molecular flexibility index (Phi) is 5.20. The lowest BCUT2D eigenvalue weighted by Crippen LogP contribution is -2.30. The Balaban J connectivity index is 1.60. The average Bonchev–Trinajstić information content (AvgIpc) is 3.24. The number of hydrogen-bond acceptors (Lipinski definition) is 5. The van der Waals surface area contributed by atoms with Gasteiger partial charge in [-0.25, -0.2) is 9.48 Å². The van der Waals surface area contributed by atoms with Gasteiger partial charge in [0, 0.05) is 30.7 Å². The first kappa shape index (κ1) is 16.8. The lowest BCUT2D eigenvalue weighted by atomic mass is 10.3. The molecule has 25 heavy (non-hydrogen) atoms. The number of rotatable bonds is 6. The Labute approximate surface area is 148 Å². The molecule has 3 heterocycles. The number of hydrogen-bond donors (Lipinski definition) is 1. The Hall–Kier alpha value is -3.00. The van der Waals surface area contributed by atoms with Gasteiger partial charge in [0.2, 0.25) is 5.91 Å². The van der Waals surface area contributed by atoms with E-state index in [1.165, 1.54) is 15.3 Å². The summed E-state index contributed by atoms with van der Waals surface area (Å²) in [5.74, 6) is 0.289. The Morgan fingerprint density at radius 2 is 2.20 bits per heavy atom. The van der Waals surface area contributed by atoms with Crippen LogP contribution in [0.1, 0.15) is 4.88 Å². The van der Waals surface area contributed by atoms with Gasteiger partial charge in [-0.2, -0.15) is 0 Å². The van der Waals surface area contributed by atoms with Crippen LogP contribution in [0.15, 0.2) is 52.8 Å². The van der Waals surface area contributed by atoms with Crippen molar-refractivity contribution in [2.24, 2.45) is 7.05 Å². The fourth-order valence-corrected chi connectivity index (χ4v) is 2.86. The smallest absolute Gasteiger partial charge is 0.346 e. The van der Waals surface area contributed by atoms with E-state index >= 15 is 0 Å². The predicted octanol–water partition coefficient (Wildman–Crippen LogP) is 1.53. The maximum Gasteiger partial charge on any atom is 0.346 e. The lowest BCUT2D eigenvalue weighted by Gasteiger charge is -2.01. The molecule has 0 spiro atoms. The molecule has 3 aromatic rings. The maximum atomic E-state index is 12.2. The van der Waals surface area contributed by atoms with Gasteiger partial charge in [0.15, 0.2) is 5.82 Å². The summed E-state index contributed by atoms with van der Waals surface area (Å²) in [6, 6.07) is 9.29. The van der Waals surface area contributed by atoms with Crippen molar-refractivity contribution in [3.8, 4) is 11.5 Å². The standard InChI is InChI=1S/C17H17N5O2S/c1-21-16(14-6-2-3-9-18-14)20-22(17(21)24)11-10-19-15(23)8-7-13-5-4-12-25-13/h2-9,12H,10-11H2,1H3,(H,19,23)/b8-7+. The normalized spacial score (nSPS) is 11.1. The topological polar surface area (TPSA) is 81.8 Å². The molecule has 0 aliphatic rings. The highest BCUT2D eigenvalue weighted by atomic mass is 32.1. The lowest BCUT2D eigenvalue weighted by molar-refractivity contribution is -0.116. The molecule has 0 fully saturated rings. The Morgan fingerprint density at radius 1 is 1.32 bits per heavy atom. The van der Waals surface area contributed by atoms with Crippen molar-refractivity contribution in [3.05, 3.63) is 63.3 Å². The average molecular weight is 355 g/mol. The highest BCUT2D eigenvalue weighted by molar-refractivity contribution is 7.10. The van der Waals surface area contributed by atoms with Gasteiger partial charge in [-0.15, -0.1) is 16.4 Å². The van der Waals surface area contributed by atoms with E-state index in [-0.39, 0.29) is 18.1 Å². The number of nitrogens with zero attached hydrogens (tertiary/aromatic N) is 4. The summed E-state index contributed by atoms with van der Waals surface area (Å²) in [6.07, 6.45) is 4.89. The second kappa shape index (κ2) is 7.71. The zero-order valence-electron chi connectivity index (χ0n) is 13.6. The molecular weight excluding hydrogens is 338 g/mol. The van der Waals surface area contributed by atoms with Crippen molar-refractivity contribution in [3.63, 3.8) is 0 Å². The third-order valence-electron chi connectivity index (χ3n) is 3.50. The van der Waals surface area contributed by atoms with Gasteiger partial charge in [0.1, 0.15) is 5.69 Å². The van der Waals surface area contributed by atoms with Crippen LogP contribution in [-0.4, -0.2) is 31.8 Å². The van der Waals surface area contributed by atoms with Crippen LogP contribution >= 0.6 is 11.3 Å². The van der Waals surface area contributed by atoms with E-state index in [1.54, 1.807) is 42.8 Å². The van der Waals surface area contributed by atoms with Gasteiger partial charge in [0.25, 0.3) is 0 Å². The van der Waals surface area contributed by atoms with Crippen LogP contribution in [0.3, 0.4) is 0 Å². The van der Waals surface area contributed by atoms with Gasteiger partial charge >= 0.3 is 5.69 Å². The number of aromatic nitrogens is 4. The summed E-state index contributed by atoms with van der Waals surface area (Å²) >= 11 is 1.56. The maximum absolute atomic E-state index is 12.2. The van der Waals surface area contributed by atoms with Crippen LogP contribution in [-0.2, 0) is 18.4 Å². The molecule has 0 saturated carbocycles. The van der Waals surface area contributed by atoms with Gasteiger partial charge in [0.05, 0.1) is 6.54 Å². The van der Waals surface area contributed by atoms with Crippen LogP contribution in [0.4, 0.5) is 0 Å². The van der Waals surface area contributed by atoms with Crippen LogP contribution < -0.4 is 11.0 Å². The van der Waals surface area contributed by atoms with Gasteiger partial charge in [-0.3, -0.25) is 14.3 Å². The molecule has 8 heteroatoms. The molecule has 7 nitrogen and oxygen atoms in total. The molecule has 0 bridgehead atoms. The first-order valence-corrected chi connectivity index (χ1v) is 8.58. The summed E-state index contributed by atoms with van der Waals surface area (Å²) in [5, 5.41) is 8.99. The van der Waals surface area contributed by atoms with Crippen molar-refractivity contribution in [1.29, 1.82) is 0 Å². The van der Waals surface area contributed by atoms with E-state index in [0.717, 1.165) is 4.88 Å². The van der Waals surface area contributed by atoms with E-state index in [9.17, 15) is 9.59 Å². The number of carbonyl (C=O) groups is 1. The predicted molar refractivity (Wildman–Crippen MR) is 97.1 cm³/mol. The van der Waals surface area contributed by atoms with Crippen molar-refractivity contribution in [2.45, 2.75) is 6.54 Å². The van der Waals surface area contributed by atoms with Gasteiger partial charge < -0.3 is 5.32 Å². The molecule has 128 valence electrons. The van der Waals surface area contributed by atoms with E-state index in [0.29, 0.717) is 18.1 Å². The SMILES string of the molecule is Cn1c(-c2ccccn2)nn(CCNC(=O)/C=C/c2cccs2)c1=O. The summed E-state index contributed by atoms with van der Waals surface area (Å²) < 4.78 is 2.77. The summed E-state index contributed by atoms with van der Waals surface area (Å²) in [7, 11) is 1.65. The highest BCUT2D eigenvalue weighted by Gasteiger charge is 2.12. The largest absolute Gasteiger partial charge is 0.351 e. The third kappa shape index (κ3) is 4.10. The van der Waals surface area contributed by atoms with Gasteiger partial charge in [-0.05, 0) is 29.7 Å². The summed E-state index contributed by atoms with van der Waals surface area (Å²) in [4.78, 5) is 29.2. The monoisotopic (exact) mass is 355 g/mol. The first-order valence-electron chi connectivity index (χ1n) is 7.70. The Morgan fingerprint density at radius 3 is 2.92 bits per heavy atom. The number of nitrogens with one attached hydrogen (secondary N) is 1. The van der Waals surface area contributed by atoms with E-state index in [2.05, 4.69) is 15.4 Å². The summed E-state index contributed by atoms with van der Waals surface area (Å²) in [6.45, 7) is 0.601. The second-order valence-electron chi connectivity index (χ2n) is 5.24. The highest BCUT2D eigenvalue weighted by Crippen LogP contribution is 2.10. The molecule has 0 aliphatic heterocycles. The molecule has 0 unspecified atom stereocenters. The van der Waals surface area contributed by atoms with E-state index in [1.807, 2.05) is 23.6 Å². The quantitative estimate of drug-likeness (QED) is 0.680. The van der Waals surface area contributed by atoms with Crippen molar-refractivity contribution < 1.29 is 4.79 Å². The van der Waals surface area contributed by atoms with Crippen molar-refractivity contribution in [1.82, 2.24) is 24.6 Å². The molecule has 1 amide bonds. The molecule has 0 radical (unpaired) electrons. The molecule has 0 atom stereocenters. The molecule has 0 aromatic carbocycles. The van der Waals surface area contributed by atoms with Crippen LogP contribution in [0.2, 0.25) is 0 Å². The molecule has 0 aliphatic carbocycles. The van der Waals surface area contributed by atoms with E-state index in [4.69, 9.17) is 0 Å². The minimum atomic E-state index is -0.246. The Bertz CT molecular complexity index is 926. The molecule has 0 saturated heterocycles. The van der Waals surface area contributed by atoms with Gasteiger partial charge in [-0.1, -0.05) is 12.1 Å². The zero-order chi connectivity index (χ0) is 17.6. The van der Waals surface area contributed by atoms with Crippen LogP contribution in [0.5, 0.6) is 0 Å². The zero-order valence-corrected chi connectivity index (χ0v) is 14.4. The van der Waals surface area contributed by atoms with Crippen molar-refractivity contribution in [2.75, 3.05) is 6.54 Å². The molecule has 3 rings (SSSR count). The number of carbonyl (C=O) groups excluding carboxylic acids is 1. The number of amides is 1. The van der Waals surface area contributed by atoms with Crippen LogP contribution in [0.25, 0.3) is 17.6 Å². The fourth-order valence-electron chi connectivity index (χ4n) is 2.24. The molecule has 1 N–H and O–H groups in total. The fraction of sp³-hybridized carbons (Fsp3) is 0.176.